The third-order valence-corrected chi connectivity index (χ3v) is 3.38. The zero-order valence-corrected chi connectivity index (χ0v) is 12.2. The second-order valence-corrected chi connectivity index (χ2v) is 4.94. The summed E-state index contributed by atoms with van der Waals surface area (Å²) < 4.78 is 0. The lowest BCUT2D eigenvalue weighted by Gasteiger charge is -2.09. The summed E-state index contributed by atoms with van der Waals surface area (Å²) in [6.07, 6.45) is 0. The van der Waals surface area contributed by atoms with Gasteiger partial charge in [0.15, 0.2) is 0 Å². The van der Waals surface area contributed by atoms with Crippen molar-refractivity contribution in [2.75, 3.05) is 0 Å². The molecule has 0 saturated heterocycles. The summed E-state index contributed by atoms with van der Waals surface area (Å²) in [6.45, 7) is 0.343. The minimum absolute atomic E-state index is 0.0253. The molecule has 3 aromatic rings. The second kappa shape index (κ2) is 6.80. The Hall–Kier alpha value is -3.06. The van der Waals surface area contributed by atoms with Gasteiger partial charge in [0.1, 0.15) is 0 Å². The molecule has 116 valence electrons. The summed E-state index contributed by atoms with van der Waals surface area (Å²) in [6, 6.07) is 14.5. The van der Waals surface area contributed by atoms with Crippen LogP contribution in [0, 0.1) is 0 Å². The molecule has 0 radical (unpaired) electrons. The van der Waals surface area contributed by atoms with Crippen molar-refractivity contribution in [1.29, 1.82) is 0 Å². The van der Waals surface area contributed by atoms with E-state index >= 15 is 0 Å². The second-order valence-electron chi connectivity index (χ2n) is 4.94. The van der Waals surface area contributed by atoms with Gasteiger partial charge in [0.25, 0.3) is 5.91 Å². The highest BCUT2D eigenvalue weighted by Gasteiger charge is 2.14. The third-order valence-electron chi connectivity index (χ3n) is 3.38. The Labute approximate surface area is 132 Å². The van der Waals surface area contributed by atoms with Gasteiger partial charge < -0.3 is 10.4 Å². The van der Waals surface area contributed by atoms with Crippen LogP contribution in [0.3, 0.4) is 0 Å². The van der Waals surface area contributed by atoms with Crippen molar-refractivity contribution in [3.63, 3.8) is 0 Å². The van der Waals surface area contributed by atoms with Crippen LogP contribution < -0.4 is 5.32 Å². The van der Waals surface area contributed by atoms with E-state index in [0.29, 0.717) is 23.5 Å². The molecule has 7 heteroatoms. The molecule has 0 fully saturated rings. The molecule has 0 aliphatic carbocycles. The number of nitrogens with one attached hydrogen (secondary N) is 2. The van der Waals surface area contributed by atoms with E-state index in [4.69, 9.17) is 5.11 Å². The van der Waals surface area contributed by atoms with E-state index in [2.05, 4.69) is 25.9 Å². The van der Waals surface area contributed by atoms with E-state index < -0.39 is 0 Å². The monoisotopic (exact) mass is 309 g/mol. The van der Waals surface area contributed by atoms with E-state index in [1.54, 1.807) is 18.2 Å². The Kier molecular flexibility index (Phi) is 4.39. The van der Waals surface area contributed by atoms with E-state index in [9.17, 15) is 4.79 Å². The fourth-order valence-corrected chi connectivity index (χ4v) is 2.27. The number of carbonyl (C=O) groups is 1. The van der Waals surface area contributed by atoms with E-state index in [-0.39, 0.29) is 12.5 Å². The first-order chi connectivity index (χ1) is 11.3. The average molecular weight is 309 g/mol. The number of aliphatic hydroxyl groups is 1. The van der Waals surface area contributed by atoms with Gasteiger partial charge in [-0.05, 0) is 22.4 Å². The molecular formula is C16H15N5O2. The lowest BCUT2D eigenvalue weighted by atomic mass is 10.1. The predicted molar refractivity (Wildman–Crippen MR) is 83.1 cm³/mol. The molecule has 3 rings (SSSR count). The number of nitrogens with zero attached hydrogens (tertiary/aromatic N) is 3. The summed E-state index contributed by atoms with van der Waals surface area (Å²) in [7, 11) is 0. The molecular weight excluding hydrogens is 294 g/mol. The molecule has 0 aliphatic heterocycles. The fourth-order valence-electron chi connectivity index (χ4n) is 2.27. The molecule has 0 saturated carbocycles. The first kappa shape index (κ1) is 14.9. The van der Waals surface area contributed by atoms with E-state index in [0.717, 1.165) is 11.1 Å². The first-order valence-corrected chi connectivity index (χ1v) is 7.07. The molecule has 1 amide bonds. The van der Waals surface area contributed by atoms with Crippen LogP contribution >= 0.6 is 0 Å². The predicted octanol–water partition coefficient (Wildman–Crippen LogP) is 1.29. The van der Waals surface area contributed by atoms with E-state index in [1.165, 1.54) is 0 Å². The van der Waals surface area contributed by atoms with Gasteiger partial charge in [-0.2, -0.15) is 5.21 Å². The maximum absolute atomic E-state index is 12.4. The quantitative estimate of drug-likeness (QED) is 0.659. The average Bonchev–Trinajstić information content (AvgIpc) is 3.14. The number of aromatic nitrogens is 4. The highest BCUT2D eigenvalue weighted by Crippen LogP contribution is 2.19. The molecule has 0 unspecified atom stereocenters. The third kappa shape index (κ3) is 3.41. The SMILES string of the molecule is O=C(NCc1cccc(CO)c1)c1ccccc1-c1nn[nH]n1. The Morgan fingerprint density at radius 3 is 2.74 bits per heavy atom. The van der Waals surface area contributed by atoms with Gasteiger partial charge in [0.05, 0.1) is 12.2 Å². The number of aliphatic hydroxyl groups excluding tert-OH is 1. The molecule has 2 aromatic carbocycles. The Balaban J connectivity index is 1.76. The minimum Gasteiger partial charge on any atom is -0.392 e. The van der Waals surface area contributed by atoms with Crippen LogP contribution in [0.1, 0.15) is 21.5 Å². The number of benzene rings is 2. The van der Waals surface area contributed by atoms with Crippen LogP contribution in [-0.4, -0.2) is 31.6 Å². The van der Waals surface area contributed by atoms with Crippen LogP contribution in [0.15, 0.2) is 48.5 Å². The van der Waals surface area contributed by atoms with Crippen molar-refractivity contribution in [2.45, 2.75) is 13.2 Å². The van der Waals surface area contributed by atoms with Crippen LogP contribution in [0.25, 0.3) is 11.4 Å². The molecule has 0 aliphatic rings. The molecule has 1 aromatic heterocycles. The van der Waals surface area contributed by atoms with Crippen molar-refractivity contribution in [3.05, 3.63) is 65.2 Å². The number of tetrazole rings is 1. The van der Waals surface area contributed by atoms with Gasteiger partial charge in [-0.3, -0.25) is 4.79 Å². The van der Waals surface area contributed by atoms with Crippen molar-refractivity contribution < 1.29 is 9.90 Å². The standard InChI is InChI=1S/C16H15N5O2/c22-10-12-5-3-4-11(8-12)9-17-16(23)14-7-2-1-6-13(14)15-18-20-21-19-15/h1-8,22H,9-10H2,(H,17,23)(H,18,19,20,21). The van der Waals surface area contributed by atoms with E-state index in [1.807, 2.05) is 30.3 Å². The van der Waals surface area contributed by atoms with Gasteiger partial charge in [-0.1, -0.05) is 42.5 Å². The molecule has 0 bridgehead atoms. The fraction of sp³-hybridized carbons (Fsp3) is 0.125. The Bertz CT molecular complexity index is 802. The zero-order chi connectivity index (χ0) is 16.1. The summed E-state index contributed by atoms with van der Waals surface area (Å²) in [4.78, 5) is 12.4. The molecule has 1 heterocycles. The van der Waals surface area contributed by atoms with Gasteiger partial charge in [-0.15, -0.1) is 10.2 Å². The maximum Gasteiger partial charge on any atom is 0.252 e. The number of hydrogen-bond donors (Lipinski definition) is 3. The molecule has 0 spiro atoms. The largest absolute Gasteiger partial charge is 0.392 e. The molecule has 7 nitrogen and oxygen atoms in total. The number of rotatable bonds is 5. The van der Waals surface area contributed by atoms with Gasteiger partial charge in [0, 0.05) is 12.1 Å². The molecule has 23 heavy (non-hydrogen) atoms. The highest BCUT2D eigenvalue weighted by molar-refractivity contribution is 6.00. The molecule has 3 N–H and O–H groups in total. The van der Waals surface area contributed by atoms with Crippen LogP contribution in [-0.2, 0) is 13.2 Å². The highest BCUT2D eigenvalue weighted by atomic mass is 16.3. The van der Waals surface area contributed by atoms with Crippen molar-refractivity contribution in [1.82, 2.24) is 25.9 Å². The summed E-state index contributed by atoms with van der Waals surface area (Å²) >= 11 is 0. The minimum atomic E-state index is -0.222. The van der Waals surface area contributed by atoms with Gasteiger partial charge in [-0.25, -0.2) is 0 Å². The smallest absolute Gasteiger partial charge is 0.252 e. The van der Waals surface area contributed by atoms with Crippen molar-refractivity contribution in [2.24, 2.45) is 0 Å². The summed E-state index contributed by atoms with van der Waals surface area (Å²) in [5.74, 6) is 0.151. The summed E-state index contributed by atoms with van der Waals surface area (Å²) in [5.41, 5.74) is 2.82. The normalized spacial score (nSPS) is 10.5. The van der Waals surface area contributed by atoms with Crippen LogP contribution in [0.5, 0.6) is 0 Å². The zero-order valence-electron chi connectivity index (χ0n) is 12.2. The summed E-state index contributed by atoms with van der Waals surface area (Å²) in [5, 5.41) is 25.7. The van der Waals surface area contributed by atoms with Gasteiger partial charge in [0.2, 0.25) is 5.82 Å². The number of aromatic amines is 1. The van der Waals surface area contributed by atoms with Crippen LogP contribution in [0.4, 0.5) is 0 Å². The number of amides is 1. The number of carbonyl (C=O) groups excluding carboxylic acids is 1. The lowest BCUT2D eigenvalue weighted by Crippen LogP contribution is -2.23. The Morgan fingerprint density at radius 1 is 1.13 bits per heavy atom. The number of H-pyrrole nitrogens is 1. The van der Waals surface area contributed by atoms with Gasteiger partial charge >= 0.3 is 0 Å². The molecule has 0 atom stereocenters. The maximum atomic E-state index is 12.4. The Morgan fingerprint density at radius 2 is 1.96 bits per heavy atom. The van der Waals surface area contributed by atoms with Crippen molar-refractivity contribution >= 4 is 5.91 Å². The van der Waals surface area contributed by atoms with Crippen LogP contribution in [0.2, 0.25) is 0 Å². The number of hydrogen-bond acceptors (Lipinski definition) is 5. The van der Waals surface area contributed by atoms with Crippen molar-refractivity contribution in [3.8, 4) is 11.4 Å². The lowest BCUT2D eigenvalue weighted by molar-refractivity contribution is 0.0951. The first-order valence-electron chi connectivity index (χ1n) is 7.07. The topological polar surface area (TPSA) is 104 Å².